The molecule has 0 aromatic rings. The van der Waals surface area contributed by atoms with Gasteiger partial charge in [0.15, 0.2) is 6.29 Å². The van der Waals surface area contributed by atoms with E-state index >= 15 is 0 Å². The van der Waals surface area contributed by atoms with E-state index in [2.05, 4.69) is 6.92 Å². The summed E-state index contributed by atoms with van der Waals surface area (Å²) in [7, 11) is 0. The number of Topliss-reactive ketones (excluding diaryl/α,β-unsaturated/α-hetero) is 1. The molecule has 0 N–H and O–H groups in total. The van der Waals surface area contributed by atoms with Gasteiger partial charge in [-0.1, -0.05) is 97.8 Å². The first-order chi connectivity index (χ1) is 10.6. The smallest absolute Gasteiger partial charge is 0.201 e. The van der Waals surface area contributed by atoms with Gasteiger partial charge in [0, 0.05) is 5.41 Å². The summed E-state index contributed by atoms with van der Waals surface area (Å²) < 4.78 is 0. The lowest BCUT2D eigenvalue weighted by molar-refractivity contribution is -0.136. The number of carbonyl (C=O) groups is 2. The van der Waals surface area contributed by atoms with Crippen LogP contribution >= 0.6 is 0 Å². The summed E-state index contributed by atoms with van der Waals surface area (Å²) in [5.41, 5.74) is -0.416. The van der Waals surface area contributed by atoms with Gasteiger partial charge < -0.3 is 0 Å². The van der Waals surface area contributed by atoms with E-state index in [1.54, 1.807) is 0 Å². The molecule has 0 amide bonds. The van der Waals surface area contributed by atoms with E-state index in [-0.39, 0.29) is 5.78 Å². The molecule has 2 heteroatoms. The minimum Gasteiger partial charge on any atom is -0.295 e. The summed E-state index contributed by atoms with van der Waals surface area (Å²) in [5.74, 6) is -0.224. The van der Waals surface area contributed by atoms with Crippen molar-refractivity contribution >= 4 is 12.1 Å². The summed E-state index contributed by atoms with van der Waals surface area (Å²) in [6, 6.07) is 0. The number of hydrogen-bond acceptors (Lipinski definition) is 2. The Hall–Kier alpha value is -0.660. The molecule has 0 fully saturated rings. The highest BCUT2D eigenvalue weighted by atomic mass is 16.2. The van der Waals surface area contributed by atoms with Crippen LogP contribution < -0.4 is 0 Å². The largest absolute Gasteiger partial charge is 0.295 e. The Balaban J connectivity index is 3.43. The van der Waals surface area contributed by atoms with E-state index in [1.165, 1.54) is 70.6 Å². The second-order valence-corrected chi connectivity index (χ2v) is 7.04. The summed E-state index contributed by atoms with van der Waals surface area (Å²) in [4.78, 5) is 22.3. The minimum atomic E-state index is -0.416. The highest BCUT2D eigenvalue weighted by Gasteiger charge is 2.29. The average Bonchev–Trinajstić information content (AvgIpc) is 2.54. The highest BCUT2D eigenvalue weighted by molar-refractivity contribution is 6.27. The van der Waals surface area contributed by atoms with Gasteiger partial charge in [-0.15, -0.1) is 0 Å². The molecule has 130 valence electrons. The zero-order valence-corrected chi connectivity index (χ0v) is 15.3. The van der Waals surface area contributed by atoms with Crippen LogP contribution in [0.2, 0.25) is 0 Å². The topological polar surface area (TPSA) is 34.1 Å². The van der Waals surface area contributed by atoms with Crippen LogP contribution in [0.3, 0.4) is 0 Å². The molecule has 1 unspecified atom stereocenters. The van der Waals surface area contributed by atoms with Crippen LogP contribution in [-0.2, 0) is 9.59 Å². The molecule has 0 bridgehead atoms. The SMILES string of the molecule is CCCCCCCCCCCCCCC(C)(CC)C(=O)C=O. The summed E-state index contributed by atoms with van der Waals surface area (Å²) in [6.07, 6.45) is 18.1. The van der Waals surface area contributed by atoms with Gasteiger partial charge in [0.05, 0.1) is 0 Å². The fraction of sp³-hybridized carbons (Fsp3) is 0.900. The third-order valence-corrected chi connectivity index (χ3v) is 5.06. The van der Waals surface area contributed by atoms with Crippen molar-refractivity contribution in [3.63, 3.8) is 0 Å². The monoisotopic (exact) mass is 310 g/mol. The maximum Gasteiger partial charge on any atom is 0.201 e. The Bertz CT molecular complexity index is 285. The van der Waals surface area contributed by atoms with Gasteiger partial charge in [-0.25, -0.2) is 0 Å². The van der Waals surface area contributed by atoms with Gasteiger partial charge >= 0.3 is 0 Å². The van der Waals surface area contributed by atoms with Gasteiger partial charge in [0.25, 0.3) is 0 Å². The van der Waals surface area contributed by atoms with Crippen LogP contribution in [0.5, 0.6) is 0 Å². The number of rotatable bonds is 16. The third-order valence-electron chi connectivity index (χ3n) is 5.06. The van der Waals surface area contributed by atoms with Crippen LogP contribution in [-0.4, -0.2) is 12.1 Å². The molecule has 22 heavy (non-hydrogen) atoms. The zero-order chi connectivity index (χ0) is 16.7. The summed E-state index contributed by atoms with van der Waals surface area (Å²) >= 11 is 0. The molecule has 0 aliphatic heterocycles. The summed E-state index contributed by atoms with van der Waals surface area (Å²) in [6.45, 7) is 6.20. The molecular formula is C20H38O2. The van der Waals surface area contributed by atoms with E-state index in [4.69, 9.17) is 0 Å². The first kappa shape index (κ1) is 21.3. The van der Waals surface area contributed by atoms with Crippen molar-refractivity contribution in [3.05, 3.63) is 0 Å². The van der Waals surface area contributed by atoms with Gasteiger partial charge in [0.2, 0.25) is 5.78 Å². The van der Waals surface area contributed by atoms with Crippen molar-refractivity contribution in [2.75, 3.05) is 0 Å². The Morgan fingerprint density at radius 1 is 0.773 bits per heavy atom. The van der Waals surface area contributed by atoms with Crippen molar-refractivity contribution in [1.82, 2.24) is 0 Å². The van der Waals surface area contributed by atoms with Crippen molar-refractivity contribution in [2.24, 2.45) is 5.41 Å². The Kier molecular flexibility index (Phi) is 13.5. The maximum absolute atomic E-state index is 11.6. The number of unbranched alkanes of at least 4 members (excludes halogenated alkanes) is 11. The zero-order valence-electron chi connectivity index (χ0n) is 15.3. The predicted octanol–water partition coefficient (Wildman–Crippen LogP) is 6.26. The van der Waals surface area contributed by atoms with E-state index in [9.17, 15) is 9.59 Å². The molecule has 2 nitrogen and oxygen atoms in total. The average molecular weight is 311 g/mol. The predicted molar refractivity (Wildman–Crippen MR) is 95.2 cm³/mol. The van der Waals surface area contributed by atoms with Gasteiger partial charge in [0.1, 0.15) is 0 Å². The fourth-order valence-electron chi connectivity index (χ4n) is 2.97. The van der Waals surface area contributed by atoms with Crippen molar-refractivity contribution in [1.29, 1.82) is 0 Å². The second kappa shape index (κ2) is 14.0. The molecule has 0 radical (unpaired) electrons. The molecule has 0 aliphatic rings. The van der Waals surface area contributed by atoms with E-state index < -0.39 is 5.41 Å². The molecule has 0 aliphatic carbocycles. The van der Waals surface area contributed by atoms with E-state index in [0.29, 0.717) is 6.29 Å². The molecule has 0 aromatic heterocycles. The lowest BCUT2D eigenvalue weighted by Crippen LogP contribution is -2.28. The van der Waals surface area contributed by atoms with Gasteiger partial charge in [-0.05, 0) is 12.8 Å². The van der Waals surface area contributed by atoms with Gasteiger partial charge in [-0.3, -0.25) is 9.59 Å². The first-order valence-electron chi connectivity index (χ1n) is 9.60. The normalized spacial score (nSPS) is 13.8. The lowest BCUT2D eigenvalue weighted by atomic mass is 9.78. The number of hydrogen-bond donors (Lipinski definition) is 0. The van der Waals surface area contributed by atoms with Gasteiger partial charge in [-0.2, -0.15) is 0 Å². The molecule has 0 saturated heterocycles. The Morgan fingerprint density at radius 2 is 1.18 bits per heavy atom. The molecule has 0 spiro atoms. The summed E-state index contributed by atoms with van der Waals surface area (Å²) in [5, 5.41) is 0. The van der Waals surface area contributed by atoms with Crippen LogP contribution in [0.25, 0.3) is 0 Å². The molecule has 0 heterocycles. The Morgan fingerprint density at radius 3 is 1.55 bits per heavy atom. The molecule has 0 saturated carbocycles. The van der Waals surface area contributed by atoms with Crippen molar-refractivity contribution < 1.29 is 9.59 Å². The molecule has 0 rings (SSSR count). The third kappa shape index (κ3) is 10.1. The van der Waals surface area contributed by atoms with Crippen LogP contribution in [0.15, 0.2) is 0 Å². The van der Waals surface area contributed by atoms with Crippen LogP contribution in [0.4, 0.5) is 0 Å². The fourth-order valence-corrected chi connectivity index (χ4v) is 2.97. The lowest BCUT2D eigenvalue weighted by Gasteiger charge is -2.23. The number of ketones is 1. The number of aldehydes is 1. The maximum atomic E-state index is 11.6. The molecule has 1 atom stereocenters. The standard InChI is InChI=1S/C20H38O2/c1-4-6-7-8-9-10-11-12-13-14-15-16-17-20(3,5-2)19(22)18-21/h18H,4-17H2,1-3H3. The van der Waals surface area contributed by atoms with E-state index in [0.717, 1.165) is 19.3 Å². The van der Waals surface area contributed by atoms with Crippen molar-refractivity contribution in [3.8, 4) is 0 Å². The highest BCUT2D eigenvalue weighted by Crippen LogP contribution is 2.29. The molecule has 0 aromatic carbocycles. The quantitative estimate of drug-likeness (QED) is 0.191. The Labute approximate surface area is 138 Å². The second-order valence-electron chi connectivity index (χ2n) is 7.04. The van der Waals surface area contributed by atoms with Crippen LogP contribution in [0.1, 0.15) is 111 Å². The van der Waals surface area contributed by atoms with Crippen LogP contribution in [0, 0.1) is 5.41 Å². The molecular weight excluding hydrogens is 272 g/mol. The number of carbonyl (C=O) groups excluding carboxylic acids is 2. The van der Waals surface area contributed by atoms with E-state index in [1.807, 2.05) is 13.8 Å². The van der Waals surface area contributed by atoms with Crippen molar-refractivity contribution in [2.45, 2.75) is 111 Å². The minimum absolute atomic E-state index is 0.224. The first-order valence-corrected chi connectivity index (χ1v) is 9.60.